The standard InChI is InChI=1S/C10H22N2O2S/c1-10(6-3-4-7-10)9(12-11)5-8-15(2,13)14/h9,12H,3-8,11H2,1-2H3. The maximum atomic E-state index is 11.1. The van der Waals surface area contributed by atoms with E-state index >= 15 is 0 Å². The molecule has 5 heteroatoms. The van der Waals surface area contributed by atoms with E-state index in [-0.39, 0.29) is 17.2 Å². The molecule has 1 aliphatic carbocycles. The summed E-state index contributed by atoms with van der Waals surface area (Å²) >= 11 is 0. The molecule has 0 heterocycles. The summed E-state index contributed by atoms with van der Waals surface area (Å²) in [5.74, 6) is 5.74. The highest BCUT2D eigenvalue weighted by atomic mass is 32.2. The van der Waals surface area contributed by atoms with Crippen molar-refractivity contribution < 1.29 is 8.42 Å². The number of hydrazine groups is 1. The number of rotatable bonds is 5. The molecular formula is C10H22N2O2S. The number of hydrogen-bond acceptors (Lipinski definition) is 4. The molecule has 90 valence electrons. The largest absolute Gasteiger partial charge is 0.271 e. The highest BCUT2D eigenvalue weighted by Gasteiger charge is 2.36. The van der Waals surface area contributed by atoms with Crippen LogP contribution in [0.4, 0.5) is 0 Å². The SMILES string of the molecule is CC1(C(CCS(C)(=O)=O)NN)CCCC1. The smallest absolute Gasteiger partial charge is 0.147 e. The first-order valence-electron chi connectivity index (χ1n) is 5.51. The van der Waals surface area contributed by atoms with Crippen LogP contribution in [-0.2, 0) is 9.84 Å². The monoisotopic (exact) mass is 234 g/mol. The van der Waals surface area contributed by atoms with Gasteiger partial charge in [-0.2, -0.15) is 0 Å². The molecule has 0 aromatic carbocycles. The van der Waals surface area contributed by atoms with Crippen LogP contribution in [0.3, 0.4) is 0 Å². The van der Waals surface area contributed by atoms with Crippen molar-refractivity contribution in [1.82, 2.24) is 5.43 Å². The Labute approximate surface area is 92.5 Å². The van der Waals surface area contributed by atoms with E-state index in [1.807, 2.05) is 0 Å². The topological polar surface area (TPSA) is 72.2 Å². The minimum absolute atomic E-state index is 0.120. The molecule has 0 bridgehead atoms. The molecule has 1 unspecified atom stereocenters. The molecule has 0 aromatic rings. The molecule has 0 aliphatic heterocycles. The average molecular weight is 234 g/mol. The second-order valence-corrected chi connectivity index (χ2v) is 7.26. The first-order chi connectivity index (χ1) is 6.87. The summed E-state index contributed by atoms with van der Waals surface area (Å²) in [7, 11) is -2.88. The molecule has 0 saturated heterocycles. The summed E-state index contributed by atoms with van der Waals surface area (Å²) in [6.07, 6.45) is 6.64. The van der Waals surface area contributed by atoms with E-state index in [4.69, 9.17) is 5.84 Å². The summed E-state index contributed by atoms with van der Waals surface area (Å²) in [4.78, 5) is 0. The molecule has 3 N–H and O–H groups in total. The van der Waals surface area contributed by atoms with Gasteiger partial charge in [0.15, 0.2) is 0 Å². The number of sulfone groups is 1. The van der Waals surface area contributed by atoms with Gasteiger partial charge < -0.3 is 0 Å². The molecular weight excluding hydrogens is 212 g/mol. The van der Waals surface area contributed by atoms with Crippen molar-refractivity contribution >= 4 is 9.84 Å². The Morgan fingerprint density at radius 3 is 2.33 bits per heavy atom. The van der Waals surface area contributed by atoms with Crippen LogP contribution in [0.5, 0.6) is 0 Å². The Bertz CT molecular complexity index is 295. The van der Waals surface area contributed by atoms with Crippen molar-refractivity contribution in [3.05, 3.63) is 0 Å². The van der Waals surface area contributed by atoms with Gasteiger partial charge in [0.05, 0.1) is 5.75 Å². The van der Waals surface area contributed by atoms with Gasteiger partial charge in [-0.25, -0.2) is 8.42 Å². The first-order valence-corrected chi connectivity index (χ1v) is 7.57. The Kier molecular flexibility index (Phi) is 4.14. The Hall–Kier alpha value is -0.130. The molecule has 15 heavy (non-hydrogen) atoms. The van der Waals surface area contributed by atoms with Gasteiger partial charge in [-0.15, -0.1) is 0 Å². The quantitative estimate of drug-likeness (QED) is 0.546. The van der Waals surface area contributed by atoms with E-state index in [0.29, 0.717) is 6.42 Å². The fourth-order valence-electron chi connectivity index (χ4n) is 2.50. The number of nitrogens with one attached hydrogen (secondary N) is 1. The van der Waals surface area contributed by atoms with E-state index in [0.717, 1.165) is 12.8 Å². The van der Waals surface area contributed by atoms with Crippen LogP contribution in [-0.4, -0.2) is 26.5 Å². The zero-order chi connectivity index (χ0) is 11.5. The van der Waals surface area contributed by atoms with E-state index in [1.54, 1.807) is 0 Å². The third kappa shape index (κ3) is 3.74. The predicted octanol–water partition coefficient (Wildman–Crippen LogP) is 0.833. The molecule has 0 amide bonds. The summed E-state index contributed by atoms with van der Waals surface area (Å²) in [6, 6.07) is 0.120. The van der Waals surface area contributed by atoms with E-state index in [9.17, 15) is 8.42 Å². The van der Waals surface area contributed by atoms with Crippen LogP contribution in [0.2, 0.25) is 0 Å². The zero-order valence-corrected chi connectivity index (χ0v) is 10.4. The fraction of sp³-hybridized carbons (Fsp3) is 1.00. The Morgan fingerprint density at radius 2 is 1.93 bits per heavy atom. The molecule has 1 aliphatic rings. The van der Waals surface area contributed by atoms with Crippen LogP contribution in [0, 0.1) is 5.41 Å². The number of hydrogen-bond donors (Lipinski definition) is 2. The lowest BCUT2D eigenvalue weighted by Crippen LogP contribution is -2.46. The van der Waals surface area contributed by atoms with Gasteiger partial charge in [-0.3, -0.25) is 11.3 Å². The first kappa shape index (κ1) is 12.9. The molecule has 1 fully saturated rings. The maximum absolute atomic E-state index is 11.1. The van der Waals surface area contributed by atoms with Crippen molar-refractivity contribution in [1.29, 1.82) is 0 Å². The molecule has 0 radical (unpaired) electrons. The summed E-state index contributed by atoms with van der Waals surface area (Å²) in [5, 5.41) is 0. The van der Waals surface area contributed by atoms with Crippen LogP contribution < -0.4 is 11.3 Å². The summed E-state index contributed by atoms with van der Waals surface area (Å²) < 4.78 is 22.2. The van der Waals surface area contributed by atoms with Crippen LogP contribution in [0.1, 0.15) is 39.0 Å². The van der Waals surface area contributed by atoms with Gasteiger partial charge in [0.1, 0.15) is 9.84 Å². The second kappa shape index (κ2) is 4.80. The lowest BCUT2D eigenvalue weighted by molar-refractivity contribution is 0.217. The summed E-state index contributed by atoms with van der Waals surface area (Å²) in [5.41, 5.74) is 2.97. The zero-order valence-electron chi connectivity index (χ0n) is 9.62. The summed E-state index contributed by atoms with van der Waals surface area (Å²) in [6.45, 7) is 2.20. The third-order valence-corrected chi connectivity index (χ3v) is 4.54. The predicted molar refractivity (Wildman–Crippen MR) is 62.0 cm³/mol. The average Bonchev–Trinajstić information content (AvgIpc) is 2.52. The highest BCUT2D eigenvalue weighted by Crippen LogP contribution is 2.41. The van der Waals surface area contributed by atoms with E-state index in [1.165, 1.54) is 19.1 Å². The number of nitrogens with two attached hydrogens (primary N) is 1. The normalized spacial score (nSPS) is 22.9. The second-order valence-electron chi connectivity index (χ2n) is 5.00. The van der Waals surface area contributed by atoms with Crippen molar-refractivity contribution in [2.45, 2.75) is 45.1 Å². The Balaban J connectivity index is 2.55. The van der Waals surface area contributed by atoms with Crippen LogP contribution in [0.15, 0.2) is 0 Å². The van der Waals surface area contributed by atoms with Crippen molar-refractivity contribution in [3.63, 3.8) is 0 Å². The minimum Gasteiger partial charge on any atom is -0.271 e. The lowest BCUT2D eigenvalue weighted by Gasteiger charge is -2.33. The van der Waals surface area contributed by atoms with Crippen molar-refractivity contribution in [2.75, 3.05) is 12.0 Å². The van der Waals surface area contributed by atoms with Gasteiger partial charge in [-0.05, 0) is 24.7 Å². The molecule has 0 spiro atoms. The van der Waals surface area contributed by atoms with Crippen molar-refractivity contribution in [2.24, 2.45) is 11.3 Å². The van der Waals surface area contributed by atoms with Gasteiger partial charge in [0.2, 0.25) is 0 Å². The van der Waals surface area contributed by atoms with Crippen LogP contribution in [0.25, 0.3) is 0 Å². The van der Waals surface area contributed by atoms with E-state index in [2.05, 4.69) is 12.3 Å². The minimum atomic E-state index is -2.88. The maximum Gasteiger partial charge on any atom is 0.147 e. The molecule has 1 atom stereocenters. The van der Waals surface area contributed by atoms with Gasteiger partial charge in [0, 0.05) is 12.3 Å². The van der Waals surface area contributed by atoms with E-state index < -0.39 is 9.84 Å². The van der Waals surface area contributed by atoms with Gasteiger partial charge in [-0.1, -0.05) is 19.8 Å². The third-order valence-electron chi connectivity index (χ3n) is 3.57. The molecule has 1 rings (SSSR count). The fourth-order valence-corrected chi connectivity index (χ4v) is 3.16. The van der Waals surface area contributed by atoms with Gasteiger partial charge >= 0.3 is 0 Å². The highest BCUT2D eigenvalue weighted by molar-refractivity contribution is 7.90. The van der Waals surface area contributed by atoms with Crippen LogP contribution >= 0.6 is 0 Å². The Morgan fingerprint density at radius 1 is 1.40 bits per heavy atom. The molecule has 0 aromatic heterocycles. The van der Waals surface area contributed by atoms with Crippen molar-refractivity contribution in [3.8, 4) is 0 Å². The lowest BCUT2D eigenvalue weighted by atomic mass is 9.80. The van der Waals surface area contributed by atoms with Gasteiger partial charge in [0.25, 0.3) is 0 Å². The molecule has 4 nitrogen and oxygen atoms in total. The molecule has 1 saturated carbocycles.